The molecule has 0 fully saturated rings. The van der Waals surface area contributed by atoms with E-state index in [0.717, 1.165) is 16.9 Å². The summed E-state index contributed by atoms with van der Waals surface area (Å²) in [4.78, 5) is 4.06. The number of pyridine rings is 1. The molecule has 2 N–H and O–H groups in total. The molecule has 3 heteroatoms. The highest BCUT2D eigenvalue weighted by molar-refractivity contribution is 5.66. The molecule has 0 aliphatic carbocycles. The van der Waals surface area contributed by atoms with Crippen LogP contribution in [0.15, 0.2) is 42.7 Å². The zero-order chi connectivity index (χ0) is 11.4. The Morgan fingerprint density at radius 1 is 1.12 bits per heavy atom. The minimum absolute atomic E-state index is 0.673. The van der Waals surface area contributed by atoms with Gasteiger partial charge in [0.25, 0.3) is 0 Å². The molecule has 0 atom stereocenters. The first-order valence-corrected chi connectivity index (χ1v) is 5.23. The molecule has 0 aliphatic rings. The molecule has 1 aromatic heterocycles. The van der Waals surface area contributed by atoms with Crippen LogP contribution < -0.4 is 10.5 Å². The van der Waals surface area contributed by atoms with Gasteiger partial charge in [-0.3, -0.25) is 4.98 Å². The molecule has 0 saturated carbocycles. The van der Waals surface area contributed by atoms with Crippen molar-refractivity contribution in [2.45, 2.75) is 6.92 Å². The van der Waals surface area contributed by atoms with E-state index in [9.17, 15) is 0 Å². The van der Waals surface area contributed by atoms with Crippen molar-refractivity contribution in [2.24, 2.45) is 0 Å². The van der Waals surface area contributed by atoms with E-state index in [1.54, 1.807) is 12.4 Å². The zero-order valence-corrected chi connectivity index (χ0v) is 9.18. The van der Waals surface area contributed by atoms with Crippen LogP contribution in [0.25, 0.3) is 11.1 Å². The lowest BCUT2D eigenvalue weighted by atomic mass is 10.1. The smallest absolute Gasteiger partial charge is 0.119 e. The third-order valence-electron chi connectivity index (χ3n) is 2.26. The van der Waals surface area contributed by atoms with Crippen LogP contribution in [0.1, 0.15) is 6.92 Å². The average molecular weight is 214 g/mol. The number of anilines is 1. The highest BCUT2D eigenvalue weighted by atomic mass is 16.5. The minimum atomic E-state index is 0.673. The summed E-state index contributed by atoms with van der Waals surface area (Å²) < 4.78 is 5.38. The fraction of sp³-hybridized carbons (Fsp3) is 0.154. The lowest BCUT2D eigenvalue weighted by molar-refractivity contribution is 0.340. The Bertz CT molecular complexity index is 466. The Labute approximate surface area is 94.9 Å². The Balaban J connectivity index is 2.27. The normalized spacial score (nSPS) is 10.1. The summed E-state index contributed by atoms with van der Waals surface area (Å²) in [5.74, 6) is 0.878. The van der Waals surface area contributed by atoms with Crippen molar-refractivity contribution in [1.29, 1.82) is 0 Å². The molecule has 2 rings (SSSR count). The van der Waals surface area contributed by atoms with Crippen molar-refractivity contribution in [1.82, 2.24) is 4.98 Å². The van der Waals surface area contributed by atoms with Gasteiger partial charge in [-0.1, -0.05) is 12.1 Å². The van der Waals surface area contributed by atoms with Crippen molar-refractivity contribution in [2.75, 3.05) is 12.3 Å². The van der Waals surface area contributed by atoms with Gasteiger partial charge in [-0.2, -0.15) is 0 Å². The second kappa shape index (κ2) is 4.66. The lowest BCUT2D eigenvalue weighted by Gasteiger charge is -2.05. The fourth-order valence-electron chi connectivity index (χ4n) is 1.53. The zero-order valence-electron chi connectivity index (χ0n) is 9.18. The van der Waals surface area contributed by atoms with Gasteiger partial charge in [-0.25, -0.2) is 0 Å². The van der Waals surface area contributed by atoms with Gasteiger partial charge in [0, 0.05) is 18.0 Å². The van der Waals surface area contributed by atoms with Crippen LogP contribution in [0.2, 0.25) is 0 Å². The number of nitrogens with two attached hydrogens (primary N) is 1. The molecular formula is C13H14N2O. The van der Waals surface area contributed by atoms with Crippen molar-refractivity contribution in [3.8, 4) is 16.9 Å². The number of rotatable bonds is 3. The van der Waals surface area contributed by atoms with E-state index in [4.69, 9.17) is 10.5 Å². The average Bonchev–Trinajstić information content (AvgIpc) is 2.30. The van der Waals surface area contributed by atoms with E-state index in [0.29, 0.717) is 12.3 Å². The van der Waals surface area contributed by atoms with Crippen molar-refractivity contribution < 1.29 is 4.74 Å². The van der Waals surface area contributed by atoms with E-state index >= 15 is 0 Å². The third-order valence-corrected chi connectivity index (χ3v) is 2.26. The highest BCUT2D eigenvalue weighted by Gasteiger charge is 1.99. The number of nitrogen functional groups attached to an aromatic ring is 1. The summed E-state index contributed by atoms with van der Waals surface area (Å²) in [6.07, 6.45) is 3.43. The first-order valence-electron chi connectivity index (χ1n) is 5.23. The van der Waals surface area contributed by atoms with Gasteiger partial charge in [0.1, 0.15) is 5.75 Å². The SMILES string of the molecule is CCOc1ccc(-c2cncc(N)c2)cc1. The van der Waals surface area contributed by atoms with Gasteiger partial charge in [0.15, 0.2) is 0 Å². The first-order chi connectivity index (χ1) is 7.79. The molecule has 2 aromatic rings. The Kier molecular flexibility index (Phi) is 3.05. The Morgan fingerprint density at radius 3 is 2.50 bits per heavy atom. The molecule has 1 aromatic carbocycles. The van der Waals surface area contributed by atoms with Gasteiger partial charge < -0.3 is 10.5 Å². The van der Waals surface area contributed by atoms with Crippen LogP contribution in [0.3, 0.4) is 0 Å². The van der Waals surface area contributed by atoms with E-state index < -0.39 is 0 Å². The Morgan fingerprint density at radius 2 is 1.88 bits per heavy atom. The fourth-order valence-corrected chi connectivity index (χ4v) is 1.53. The standard InChI is InChI=1S/C13H14N2O/c1-2-16-13-5-3-10(4-6-13)11-7-12(14)9-15-8-11/h3-9H,2,14H2,1H3. The molecule has 1 heterocycles. The van der Waals surface area contributed by atoms with Crippen molar-refractivity contribution >= 4 is 5.69 Å². The molecule has 0 saturated heterocycles. The number of hydrogen-bond donors (Lipinski definition) is 1. The van der Waals surface area contributed by atoms with E-state index in [1.807, 2.05) is 37.3 Å². The molecular weight excluding hydrogens is 200 g/mol. The largest absolute Gasteiger partial charge is 0.494 e. The van der Waals surface area contributed by atoms with Crippen LogP contribution in [0.5, 0.6) is 5.75 Å². The topological polar surface area (TPSA) is 48.1 Å². The summed E-state index contributed by atoms with van der Waals surface area (Å²) in [6, 6.07) is 9.80. The molecule has 3 nitrogen and oxygen atoms in total. The Hall–Kier alpha value is -2.03. The maximum absolute atomic E-state index is 5.69. The van der Waals surface area contributed by atoms with Gasteiger partial charge in [-0.05, 0) is 30.7 Å². The van der Waals surface area contributed by atoms with E-state index in [2.05, 4.69) is 4.98 Å². The van der Waals surface area contributed by atoms with Gasteiger partial charge in [0.2, 0.25) is 0 Å². The molecule has 16 heavy (non-hydrogen) atoms. The molecule has 0 spiro atoms. The summed E-state index contributed by atoms with van der Waals surface area (Å²) in [5, 5.41) is 0. The highest BCUT2D eigenvalue weighted by Crippen LogP contribution is 2.22. The molecule has 0 radical (unpaired) electrons. The second-order valence-electron chi connectivity index (χ2n) is 3.46. The summed E-state index contributed by atoms with van der Waals surface area (Å²) in [5.41, 5.74) is 8.46. The third kappa shape index (κ3) is 2.31. The molecule has 82 valence electrons. The number of hydrogen-bond acceptors (Lipinski definition) is 3. The monoisotopic (exact) mass is 214 g/mol. The summed E-state index contributed by atoms with van der Waals surface area (Å²) >= 11 is 0. The molecule has 0 bridgehead atoms. The second-order valence-corrected chi connectivity index (χ2v) is 3.46. The van der Waals surface area contributed by atoms with Crippen LogP contribution >= 0.6 is 0 Å². The predicted octanol–water partition coefficient (Wildman–Crippen LogP) is 2.73. The first kappa shape index (κ1) is 10.5. The van der Waals surface area contributed by atoms with Crippen LogP contribution in [0.4, 0.5) is 5.69 Å². The summed E-state index contributed by atoms with van der Waals surface area (Å²) in [7, 11) is 0. The molecule has 0 amide bonds. The lowest BCUT2D eigenvalue weighted by Crippen LogP contribution is -1.91. The van der Waals surface area contributed by atoms with Crippen LogP contribution in [0, 0.1) is 0 Å². The molecule has 0 unspecified atom stereocenters. The molecule has 0 aliphatic heterocycles. The van der Waals surface area contributed by atoms with E-state index in [1.165, 1.54) is 0 Å². The van der Waals surface area contributed by atoms with Gasteiger partial charge in [-0.15, -0.1) is 0 Å². The maximum Gasteiger partial charge on any atom is 0.119 e. The number of benzene rings is 1. The van der Waals surface area contributed by atoms with E-state index in [-0.39, 0.29) is 0 Å². The number of aromatic nitrogens is 1. The number of nitrogens with zero attached hydrogens (tertiary/aromatic N) is 1. The summed E-state index contributed by atoms with van der Waals surface area (Å²) in [6.45, 7) is 2.65. The van der Waals surface area contributed by atoms with Crippen molar-refractivity contribution in [3.63, 3.8) is 0 Å². The van der Waals surface area contributed by atoms with Crippen molar-refractivity contribution in [3.05, 3.63) is 42.7 Å². The minimum Gasteiger partial charge on any atom is -0.494 e. The maximum atomic E-state index is 5.69. The number of ether oxygens (including phenoxy) is 1. The van der Waals surface area contributed by atoms with Crippen LogP contribution in [-0.4, -0.2) is 11.6 Å². The predicted molar refractivity (Wildman–Crippen MR) is 65.3 cm³/mol. The van der Waals surface area contributed by atoms with Gasteiger partial charge in [0.05, 0.1) is 12.3 Å². The van der Waals surface area contributed by atoms with Crippen LogP contribution in [-0.2, 0) is 0 Å². The quantitative estimate of drug-likeness (QED) is 0.854. The van der Waals surface area contributed by atoms with Gasteiger partial charge >= 0.3 is 0 Å².